The van der Waals surface area contributed by atoms with Gasteiger partial charge in [-0.15, -0.1) is 0 Å². The summed E-state index contributed by atoms with van der Waals surface area (Å²) in [5, 5.41) is 0. The second-order valence-electron chi connectivity index (χ2n) is 7.13. The molecule has 0 spiro atoms. The molecule has 3 nitrogen and oxygen atoms in total. The van der Waals surface area contributed by atoms with Crippen LogP contribution in [-0.2, 0) is 4.74 Å². The van der Waals surface area contributed by atoms with Crippen LogP contribution in [0.3, 0.4) is 0 Å². The van der Waals surface area contributed by atoms with Crippen LogP contribution in [0.15, 0.2) is 0 Å². The highest BCUT2D eigenvalue weighted by molar-refractivity contribution is 5.68. The summed E-state index contributed by atoms with van der Waals surface area (Å²) >= 11 is 0. The molecule has 1 heterocycles. The third-order valence-corrected chi connectivity index (χ3v) is 3.30. The number of ether oxygens (including phenoxy) is 1. The number of nitrogens with zero attached hydrogens (tertiary/aromatic N) is 1. The third kappa shape index (κ3) is 4.57. The highest BCUT2D eigenvalue weighted by Crippen LogP contribution is 2.33. The second-order valence-corrected chi connectivity index (χ2v) is 7.13. The van der Waals surface area contributed by atoms with Crippen LogP contribution >= 0.6 is 0 Å². The fourth-order valence-corrected chi connectivity index (χ4v) is 2.18. The van der Waals surface area contributed by atoms with Crippen molar-refractivity contribution in [2.24, 2.45) is 11.3 Å². The van der Waals surface area contributed by atoms with Crippen molar-refractivity contribution in [3.8, 4) is 0 Å². The predicted octanol–water partition coefficient (Wildman–Crippen LogP) is 3.68. The SMILES string of the molecule is CC(C)(C)OC(=O)N1CCCC(C(C)(C)C)C1. The average molecular weight is 241 g/mol. The van der Waals surface area contributed by atoms with Gasteiger partial charge in [-0.2, -0.15) is 0 Å². The zero-order chi connectivity index (χ0) is 13.3. The zero-order valence-corrected chi connectivity index (χ0v) is 12.2. The summed E-state index contributed by atoms with van der Waals surface area (Å²) in [5.74, 6) is 0.573. The molecule has 1 fully saturated rings. The molecule has 1 amide bonds. The molecule has 0 aromatic carbocycles. The number of likely N-dealkylation sites (tertiary alicyclic amines) is 1. The Kier molecular flexibility index (Phi) is 4.11. The number of rotatable bonds is 0. The lowest BCUT2D eigenvalue weighted by atomic mass is 9.76. The number of hydrogen-bond donors (Lipinski definition) is 0. The monoisotopic (exact) mass is 241 g/mol. The van der Waals surface area contributed by atoms with Gasteiger partial charge in [0.05, 0.1) is 0 Å². The summed E-state index contributed by atoms with van der Waals surface area (Å²) in [6.07, 6.45) is 2.13. The minimum Gasteiger partial charge on any atom is -0.444 e. The second kappa shape index (κ2) is 4.87. The smallest absolute Gasteiger partial charge is 0.410 e. The summed E-state index contributed by atoms with van der Waals surface area (Å²) < 4.78 is 5.43. The lowest BCUT2D eigenvalue weighted by Gasteiger charge is -2.40. The fraction of sp³-hybridized carbons (Fsp3) is 0.929. The van der Waals surface area contributed by atoms with Gasteiger partial charge in [0.25, 0.3) is 0 Å². The van der Waals surface area contributed by atoms with Crippen LogP contribution in [0, 0.1) is 11.3 Å². The molecule has 17 heavy (non-hydrogen) atoms. The van der Waals surface area contributed by atoms with E-state index in [2.05, 4.69) is 20.8 Å². The first kappa shape index (κ1) is 14.3. The maximum absolute atomic E-state index is 12.0. The molecule has 1 aliphatic heterocycles. The van der Waals surface area contributed by atoms with Crippen LogP contribution in [0.1, 0.15) is 54.4 Å². The Morgan fingerprint density at radius 2 is 1.76 bits per heavy atom. The van der Waals surface area contributed by atoms with Gasteiger partial charge in [-0.25, -0.2) is 4.79 Å². The van der Waals surface area contributed by atoms with Gasteiger partial charge in [0.15, 0.2) is 0 Å². The molecule has 0 radical (unpaired) electrons. The number of hydrogen-bond acceptors (Lipinski definition) is 2. The van der Waals surface area contributed by atoms with E-state index in [0.29, 0.717) is 5.92 Å². The molecular formula is C14H27NO2. The predicted molar refractivity (Wildman–Crippen MR) is 70.0 cm³/mol. The Morgan fingerprint density at radius 3 is 2.24 bits per heavy atom. The number of amides is 1. The molecule has 1 atom stereocenters. The van der Waals surface area contributed by atoms with Gasteiger partial charge in [-0.3, -0.25) is 0 Å². The molecule has 0 aromatic rings. The minimum absolute atomic E-state index is 0.161. The van der Waals surface area contributed by atoms with Crippen molar-refractivity contribution in [1.82, 2.24) is 4.90 Å². The standard InChI is InChI=1S/C14H27NO2/c1-13(2,3)11-8-7-9-15(10-11)12(16)17-14(4,5)6/h11H,7-10H2,1-6H3. The first-order chi connectivity index (χ1) is 7.59. The van der Waals surface area contributed by atoms with E-state index in [-0.39, 0.29) is 11.5 Å². The molecule has 0 aromatic heterocycles. The molecule has 1 unspecified atom stereocenters. The van der Waals surface area contributed by atoms with Gasteiger partial charge < -0.3 is 9.64 Å². The molecule has 0 bridgehead atoms. The molecule has 1 aliphatic rings. The van der Waals surface area contributed by atoms with Crippen LogP contribution in [0.5, 0.6) is 0 Å². The fourth-order valence-electron chi connectivity index (χ4n) is 2.18. The van der Waals surface area contributed by atoms with Crippen molar-refractivity contribution in [1.29, 1.82) is 0 Å². The van der Waals surface area contributed by atoms with Crippen LogP contribution in [0.25, 0.3) is 0 Å². The minimum atomic E-state index is -0.397. The molecule has 1 saturated heterocycles. The van der Waals surface area contributed by atoms with E-state index in [1.807, 2.05) is 25.7 Å². The van der Waals surface area contributed by atoms with Crippen LogP contribution in [-0.4, -0.2) is 29.7 Å². The maximum atomic E-state index is 12.0. The largest absolute Gasteiger partial charge is 0.444 e. The summed E-state index contributed by atoms with van der Waals surface area (Å²) in [4.78, 5) is 13.9. The maximum Gasteiger partial charge on any atom is 0.410 e. The Hall–Kier alpha value is -0.730. The van der Waals surface area contributed by atoms with E-state index in [1.165, 1.54) is 6.42 Å². The lowest BCUT2D eigenvalue weighted by Crippen LogP contribution is -2.45. The van der Waals surface area contributed by atoms with Gasteiger partial charge in [0, 0.05) is 13.1 Å². The first-order valence-corrected chi connectivity index (χ1v) is 6.57. The van der Waals surface area contributed by atoms with E-state index in [1.54, 1.807) is 0 Å². The zero-order valence-electron chi connectivity index (χ0n) is 12.2. The Morgan fingerprint density at radius 1 is 1.18 bits per heavy atom. The Bertz CT molecular complexity index is 273. The van der Waals surface area contributed by atoms with Crippen molar-refractivity contribution >= 4 is 6.09 Å². The van der Waals surface area contributed by atoms with E-state index >= 15 is 0 Å². The van der Waals surface area contributed by atoms with Crippen molar-refractivity contribution in [2.75, 3.05) is 13.1 Å². The highest BCUT2D eigenvalue weighted by atomic mass is 16.6. The third-order valence-electron chi connectivity index (χ3n) is 3.30. The molecule has 3 heteroatoms. The summed E-state index contributed by atoms with van der Waals surface area (Å²) in [6, 6.07) is 0. The van der Waals surface area contributed by atoms with Crippen molar-refractivity contribution in [3.05, 3.63) is 0 Å². The molecule has 0 saturated carbocycles. The van der Waals surface area contributed by atoms with Crippen LogP contribution in [0.2, 0.25) is 0 Å². The van der Waals surface area contributed by atoms with E-state index < -0.39 is 5.60 Å². The summed E-state index contributed by atoms with van der Waals surface area (Å²) in [7, 11) is 0. The topological polar surface area (TPSA) is 29.5 Å². The van der Waals surface area contributed by atoms with Crippen molar-refractivity contribution in [2.45, 2.75) is 60.0 Å². The van der Waals surface area contributed by atoms with E-state index in [9.17, 15) is 4.79 Å². The Labute approximate surface area is 106 Å². The molecular weight excluding hydrogens is 214 g/mol. The van der Waals surface area contributed by atoms with E-state index in [4.69, 9.17) is 4.74 Å². The van der Waals surface area contributed by atoms with Crippen LogP contribution < -0.4 is 0 Å². The molecule has 1 rings (SSSR count). The van der Waals surface area contributed by atoms with E-state index in [0.717, 1.165) is 19.5 Å². The number of carbonyl (C=O) groups is 1. The number of piperidine rings is 1. The van der Waals surface area contributed by atoms with Gasteiger partial charge in [-0.05, 0) is 44.9 Å². The molecule has 0 aliphatic carbocycles. The molecule has 100 valence electrons. The Balaban J connectivity index is 2.58. The van der Waals surface area contributed by atoms with Gasteiger partial charge in [-0.1, -0.05) is 20.8 Å². The molecule has 0 N–H and O–H groups in total. The quantitative estimate of drug-likeness (QED) is 0.647. The van der Waals surface area contributed by atoms with Gasteiger partial charge >= 0.3 is 6.09 Å². The van der Waals surface area contributed by atoms with Gasteiger partial charge in [0.2, 0.25) is 0 Å². The average Bonchev–Trinajstić information content (AvgIpc) is 2.14. The summed E-state index contributed by atoms with van der Waals surface area (Å²) in [6.45, 7) is 14.1. The first-order valence-electron chi connectivity index (χ1n) is 6.57. The normalized spacial score (nSPS) is 22.5. The number of carbonyl (C=O) groups excluding carboxylic acids is 1. The lowest BCUT2D eigenvalue weighted by molar-refractivity contribution is 0.00881. The van der Waals surface area contributed by atoms with Gasteiger partial charge in [0.1, 0.15) is 5.60 Å². The van der Waals surface area contributed by atoms with Crippen molar-refractivity contribution in [3.63, 3.8) is 0 Å². The highest BCUT2D eigenvalue weighted by Gasteiger charge is 2.33. The van der Waals surface area contributed by atoms with Crippen LogP contribution in [0.4, 0.5) is 4.79 Å². The van der Waals surface area contributed by atoms with Crippen molar-refractivity contribution < 1.29 is 9.53 Å². The summed E-state index contributed by atoms with van der Waals surface area (Å²) in [5.41, 5.74) is -0.132.